The zero-order valence-electron chi connectivity index (χ0n) is 27.4. The van der Waals surface area contributed by atoms with Crippen LogP contribution in [0, 0.1) is 11.8 Å². The number of methoxy groups -OCH3 is 2. The summed E-state index contributed by atoms with van der Waals surface area (Å²) in [5.74, 6) is -3.45. The van der Waals surface area contributed by atoms with Crippen molar-refractivity contribution in [1.29, 1.82) is 0 Å². The second-order valence-corrected chi connectivity index (χ2v) is 12.2. The third-order valence-corrected chi connectivity index (χ3v) is 9.29. The maximum Gasteiger partial charge on any atom is 0.337 e. The van der Waals surface area contributed by atoms with Gasteiger partial charge in [0.15, 0.2) is 29.3 Å². The Morgan fingerprint density at radius 2 is 1.74 bits per heavy atom. The molecule has 0 unspecified atom stereocenters. The molecule has 5 rings (SSSR count). The van der Waals surface area contributed by atoms with Gasteiger partial charge in [0.05, 0.1) is 38.7 Å². The van der Waals surface area contributed by atoms with Gasteiger partial charge in [-0.3, -0.25) is 4.79 Å². The number of ether oxygens (including phenoxy) is 5. The van der Waals surface area contributed by atoms with E-state index in [9.17, 15) is 45.3 Å². The molecule has 3 heterocycles. The molecule has 7 N–H and O–H groups in total. The van der Waals surface area contributed by atoms with E-state index < -0.39 is 79.1 Å². The van der Waals surface area contributed by atoms with Crippen molar-refractivity contribution >= 4 is 18.0 Å². The molecule has 3 aliphatic heterocycles. The standard InChI is InChI=1S/C35H41NO14/c1-4-19-21(22(33(45)47-3)16-48-34(19)50-35-32(44)31(43)30(42)28(15-37)49-35)13-23-20-14-25(39)24(38)12-18(20)9-10-36(23)29(41)8-6-17-5-7-27(46-2)26(40)11-17/h4-8,11-12,14,16,19,21,23,28,30-32,34-35,37-40,42-44H,1,9-10,13,15H2,2-3H3/t19-,21+,23-,28-,30-,31+,32-,34+,35-/m1/s1. The molecular formula is C35H41NO14. The van der Waals surface area contributed by atoms with Gasteiger partial charge in [0, 0.05) is 24.5 Å². The molecule has 2 aromatic rings. The van der Waals surface area contributed by atoms with E-state index in [0.29, 0.717) is 23.1 Å². The van der Waals surface area contributed by atoms with Crippen LogP contribution in [0.3, 0.4) is 0 Å². The average molecular weight is 700 g/mol. The summed E-state index contributed by atoms with van der Waals surface area (Å²) >= 11 is 0. The maximum absolute atomic E-state index is 13.9. The van der Waals surface area contributed by atoms with E-state index >= 15 is 0 Å². The van der Waals surface area contributed by atoms with Crippen molar-refractivity contribution in [3.8, 4) is 23.0 Å². The number of aliphatic hydroxyl groups is 4. The predicted octanol–water partition coefficient (Wildman–Crippen LogP) is 0.989. The number of benzene rings is 2. The minimum absolute atomic E-state index is 0.0235. The van der Waals surface area contributed by atoms with Crippen LogP contribution in [-0.4, -0.2) is 117 Å². The van der Waals surface area contributed by atoms with Crippen LogP contribution in [-0.2, 0) is 35.0 Å². The molecule has 0 radical (unpaired) electrons. The lowest BCUT2D eigenvalue weighted by molar-refractivity contribution is -0.339. The molecule has 0 saturated carbocycles. The Balaban J connectivity index is 1.49. The molecule has 3 aliphatic rings. The number of nitrogens with zero attached hydrogens (tertiary/aromatic N) is 1. The van der Waals surface area contributed by atoms with Crippen molar-refractivity contribution in [3.05, 3.63) is 77.6 Å². The van der Waals surface area contributed by atoms with Crippen molar-refractivity contribution < 1.29 is 69.0 Å². The normalized spacial score (nSPS) is 29.4. The Hall–Kier alpha value is -4.64. The number of rotatable bonds is 10. The summed E-state index contributed by atoms with van der Waals surface area (Å²) in [6.07, 6.45) is -3.38. The third kappa shape index (κ3) is 7.28. The smallest absolute Gasteiger partial charge is 0.337 e. The highest BCUT2D eigenvalue weighted by molar-refractivity contribution is 5.92. The van der Waals surface area contributed by atoms with Crippen LogP contribution in [0.1, 0.15) is 29.2 Å². The largest absolute Gasteiger partial charge is 0.504 e. The van der Waals surface area contributed by atoms with Gasteiger partial charge >= 0.3 is 5.97 Å². The number of amides is 1. The number of fused-ring (bicyclic) bond motifs is 1. The van der Waals surface area contributed by atoms with Crippen LogP contribution in [0.15, 0.2) is 60.9 Å². The molecule has 0 aromatic heterocycles. The molecule has 1 saturated heterocycles. The first kappa shape index (κ1) is 36.6. The van der Waals surface area contributed by atoms with Gasteiger partial charge in [0.1, 0.15) is 24.4 Å². The fourth-order valence-electron chi connectivity index (χ4n) is 6.59. The van der Waals surface area contributed by atoms with Gasteiger partial charge in [-0.25, -0.2) is 4.79 Å². The minimum atomic E-state index is -1.74. The first-order valence-electron chi connectivity index (χ1n) is 15.8. The molecule has 0 bridgehead atoms. The van der Waals surface area contributed by atoms with Gasteiger partial charge in [-0.05, 0) is 59.9 Å². The summed E-state index contributed by atoms with van der Waals surface area (Å²) in [5, 5.41) is 71.7. The number of hydrogen-bond donors (Lipinski definition) is 7. The first-order chi connectivity index (χ1) is 23.9. The number of carbonyl (C=O) groups excluding carboxylic acids is 2. The van der Waals surface area contributed by atoms with E-state index in [2.05, 4.69) is 6.58 Å². The summed E-state index contributed by atoms with van der Waals surface area (Å²) in [6.45, 7) is 3.42. The molecule has 50 heavy (non-hydrogen) atoms. The van der Waals surface area contributed by atoms with E-state index in [1.807, 2.05) is 0 Å². The monoisotopic (exact) mass is 699 g/mol. The lowest BCUT2D eigenvalue weighted by atomic mass is 9.76. The molecular weight excluding hydrogens is 658 g/mol. The van der Waals surface area contributed by atoms with Gasteiger partial charge in [-0.1, -0.05) is 12.1 Å². The molecule has 9 atom stereocenters. The second-order valence-electron chi connectivity index (χ2n) is 12.2. The molecule has 0 aliphatic carbocycles. The molecule has 15 nitrogen and oxygen atoms in total. The van der Waals surface area contributed by atoms with Crippen LogP contribution in [0.2, 0.25) is 0 Å². The molecule has 1 amide bonds. The zero-order valence-corrected chi connectivity index (χ0v) is 27.4. The van der Waals surface area contributed by atoms with E-state index in [1.54, 1.807) is 17.0 Å². The highest BCUT2D eigenvalue weighted by Gasteiger charge is 2.48. The Kier molecular flexibility index (Phi) is 11.4. The fraction of sp³-hybridized carbons (Fsp3) is 0.429. The first-order valence-corrected chi connectivity index (χ1v) is 15.8. The number of phenols is 3. The van der Waals surface area contributed by atoms with Crippen molar-refractivity contribution in [3.63, 3.8) is 0 Å². The molecule has 270 valence electrons. The van der Waals surface area contributed by atoms with Crippen LogP contribution < -0.4 is 4.74 Å². The van der Waals surface area contributed by atoms with Crippen LogP contribution in [0.5, 0.6) is 23.0 Å². The summed E-state index contributed by atoms with van der Waals surface area (Å²) in [5.41, 5.74) is 1.77. The second kappa shape index (κ2) is 15.5. The third-order valence-electron chi connectivity index (χ3n) is 9.29. The van der Waals surface area contributed by atoms with Gasteiger partial charge in [-0.15, -0.1) is 6.58 Å². The fourth-order valence-corrected chi connectivity index (χ4v) is 6.59. The van der Waals surface area contributed by atoms with E-state index in [0.717, 1.165) is 6.26 Å². The minimum Gasteiger partial charge on any atom is -0.504 e. The Morgan fingerprint density at radius 3 is 2.40 bits per heavy atom. The highest BCUT2D eigenvalue weighted by atomic mass is 16.8. The summed E-state index contributed by atoms with van der Waals surface area (Å²) in [4.78, 5) is 28.5. The van der Waals surface area contributed by atoms with Gasteiger partial charge in [-0.2, -0.15) is 0 Å². The Labute approximate surface area is 287 Å². The van der Waals surface area contributed by atoms with Crippen LogP contribution in [0.4, 0.5) is 0 Å². The Bertz CT molecular complexity index is 1640. The summed E-state index contributed by atoms with van der Waals surface area (Å²) in [7, 11) is 2.60. The summed E-state index contributed by atoms with van der Waals surface area (Å²) < 4.78 is 27.3. The topological polar surface area (TPSA) is 225 Å². The predicted molar refractivity (Wildman–Crippen MR) is 173 cm³/mol. The number of carbonyl (C=O) groups is 2. The highest BCUT2D eigenvalue weighted by Crippen LogP contribution is 2.45. The number of hydrogen-bond acceptors (Lipinski definition) is 14. The van der Waals surface area contributed by atoms with Crippen LogP contribution >= 0.6 is 0 Å². The lowest BCUT2D eigenvalue weighted by Gasteiger charge is -2.44. The SMILES string of the molecule is C=C[C@H]1[C@H](O[C@H]2O[C@H](CO)[C@@H](O)[C@H](O)[C@H]2O)OC=C(C(=O)OC)[C@H]1C[C@@H]1c2cc(O)c(O)cc2CCN1C(=O)C=Cc1ccc(OC)c(O)c1. The van der Waals surface area contributed by atoms with Crippen LogP contribution in [0.25, 0.3) is 6.08 Å². The zero-order chi connectivity index (χ0) is 36.3. The number of aliphatic hydroxyl groups excluding tert-OH is 4. The summed E-state index contributed by atoms with van der Waals surface area (Å²) in [6, 6.07) is 6.65. The molecule has 15 heteroatoms. The molecule has 0 spiro atoms. The number of aromatic hydroxyl groups is 3. The average Bonchev–Trinajstić information content (AvgIpc) is 3.11. The van der Waals surface area contributed by atoms with Gasteiger partial charge < -0.3 is 64.3 Å². The van der Waals surface area contributed by atoms with Crippen molar-refractivity contribution in [2.45, 2.75) is 55.9 Å². The van der Waals surface area contributed by atoms with Crippen molar-refractivity contribution in [2.75, 3.05) is 27.4 Å². The maximum atomic E-state index is 13.9. The van der Waals surface area contributed by atoms with Crippen molar-refractivity contribution in [2.24, 2.45) is 11.8 Å². The number of phenolic OH excluding ortho intramolecular Hbond substituents is 3. The quantitative estimate of drug-likeness (QED) is 0.0795. The lowest BCUT2D eigenvalue weighted by Crippen LogP contribution is -2.60. The molecule has 2 aromatic carbocycles. The van der Waals surface area contributed by atoms with Gasteiger partial charge in [0.2, 0.25) is 12.2 Å². The van der Waals surface area contributed by atoms with Gasteiger partial charge in [0.25, 0.3) is 0 Å². The van der Waals surface area contributed by atoms with E-state index in [1.165, 1.54) is 50.6 Å². The van der Waals surface area contributed by atoms with E-state index in [4.69, 9.17) is 23.7 Å². The molecule has 1 fully saturated rings. The van der Waals surface area contributed by atoms with Crippen molar-refractivity contribution in [1.82, 2.24) is 4.90 Å². The number of esters is 1. The Morgan fingerprint density at radius 1 is 1.00 bits per heavy atom. The van der Waals surface area contributed by atoms with E-state index in [-0.39, 0.29) is 35.8 Å².